The molecule has 0 spiro atoms. The second kappa shape index (κ2) is 5.19. The molecule has 0 aliphatic carbocycles. The smallest absolute Gasteiger partial charge is 0.255 e. The van der Waals surface area contributed by atoms with Gasteiger partial charge in [-0.2, -0.15) is 0 Å². The van der Waals surface area contributed by atoms with Gasteiger partial charge in [0.1, 0.15) is 0 Å². The summed E-state index contributed by atoms with van der Waals surface area (Å²) in [4.78, 5) is 14.7. The van der Waals surface area contributed by atoms with Gasteiger partial charge in [0.15, 0.2) is 0 Å². The number of nitrogens with zero attached hydrogens (tertiary/aromatic N) is 1. The highest BCUT2D eigenvalue weighted by Gasteiger charge is 2.31. The van der Waals surface area contributed by atoms with Crippen molar-refractivity contribution in [3.63, 3.8) is 0 Å². The van der Waals surface area contributed by atoms with Crippen LogP contribution in [0, 0.1) is 0 Å². The maximum atomic E-state index is 12.7. The topological polar surface area (TPSA) is 32.3 Å². The van der Waals surface area contributed by atoms with Gasteiger partial charge < -0.3 is 10.2 Å². The van der Waals surface area contributed by atoms with E-state index >= 15 is 0 Å². The van der Waals surface area contributed by atoms with Crippen molar-refractivity contribution in [1.29, 1.82) is 0 Å². The van der Waals surface area contributed by atoms with E-state index in [1.807, 2.05) is 35.5 Å². The van der Waals surface area contributed by atoms with Crippen LogP contribution in [0.2, 0.25) is 0 Å². The molecule has 1 aliphatic heterocycles. The molecule has 2 aromatic rings. The number of amides is 1. The van der Waals surface area contributed by atoms with E-state index in [0.29, 0.717) is 0 Å². The molecule has 106 valence electrons. The number of carbonyl (C=O) groups is 1. The Kier molecular flexibility index (Phi) is 3.52. The van der Waals surface area contributed by atoms with E-state index in [2.05, 4.69) is 18.3 Å². The van der Waals surface area contributed by atoms with Gasteiger partial charge in [-0.1, -0.05) is 18.2 Å². The van der Waals surface area contributed by atoms with Gasteiger partial charge in [0.25, 0.3) is 5.91 Å². The van der Waals surface area contributed by atoms with Crippen LogP contribution in [-0.4, -0.2) is 36.5 Å². The van der Waals surface area contributed by atoms with Crippen molar-refractivity contribution < 1.29 is 4.79 Å². The van der Waals surface area contributed by atoms with Gasteiger partial charge in [-0.05, 0) is 32.9 Å². The minimum absolute atomic E-state index is 0.174. The zero-order valence-electron chi connectivity index (χ0n) is 12.0. The van der Waals surface area contributed by atoms with Gasteiger partial charge in [-0.25, -0.2) is 0 Å². The molecule has 0 atom stereocenters. The van der Waals surface area contributed by atoms with E-state index in [9.17, 15) is 4.79 Å². The van der Waals surface area contributed by atoms with Crippen LogP contribution in [-0.2, 0) is 0 Å². The maximum absolute atomic E-state index is 12.7. The summed E-state index contributed by atoms with van der Waals surface area (Å²) in [6.07, 6.45) is 2.02. The Labute approximate surface area is 123 Å². The van der Waals surface area contributed by atoms with Crippen LogP contribution in [0.15, 0.2) is 29.6 Å². The number of rotatable bonds is 2. The van der Waals surface area contributed by atoms with E-state index in [1.165, 1.54) is 4.70 Å². The number of fused-ring (bicyclic) bond motifs is 1. The number of thiophene rings is 1. The molecule has 0 unspecified atom stereocenters. The first-order valence-corrected chi connectivity index (χ1v) is 7.95. The van der Waals surface area contributed by atoms with Crippen molar-refractivity contribution in [1.82, 2.24) is 10.2 Å². The molecule has 0 radical (unpaired) electrons. The van der Waals surface area contributed by atoms with E-state index < -0.39 is 0 Å². The third-order valence-electron chi connectivity index (χ3n) is 4.47. The van der Waals surface area contributed by atoms with Gasteiger partial charge in [0.2, 0.25) is 0 Å². The summed E-state index contributed by atoms with van der Waals surface area (Å²) in [5, 5.41) is 6.45. The predicted molar refractivity (Wildman–Crippen MR) is 84.4 cm³/mol. The van der Waals surface area contributed by atoms with E-state index in [0.717, 1.165) is 36.9 Å². The zero-order valence-corrected chi connectivity index (χ0v) is 12.8. The normalized spacial score (nSPS) is 18.4. The van der Waals surface area contributed by atoms with Gasteiger partial charge in [0, 0.05) is 34.1 Å². The standard InChI is InChI=1S/C16H20N2OS/c1-16(17-2)7-9-18(10-8-16)15(19)13-11-20-14-6-4-3-5-12(13)14/h3-6,11,17H,7-10H2,1-2H3. The Morgan fingerprint density at radius 1 is 1.30 bits per heavy atom. The van der Waals surface area contributed by atoms with Crippen LogP contribution in [0.4, 0.5) is 0 Å². The molecule has 4 heteroatoms. The highest BCUT2D eigenvalue weighted by Crippen LogP contribution is 2.28. The van der Waals surface area contributed by atoms with Gasteiger partial charge >= 0.3 is 0 Å². The largest absolute Gasteiger partial charge is 0.338 e. The SMILES string of the molecule is CNC1(C)CCN(C(=O)c2csc3ccccc23)CC1. The van der Waals surface area contributed by atoms with Crippen LogP contribution >= 0.6 is 11.3 Å². The molecule has 0 bridgehead atoms. The quantitative estimate of drug-likeness (QED) is 0.921. The van der Waals surface area contributed by atoms with Crippen LogP contribution in [0.1, 0.15) is 30.1 Å². The van der Waals surface area contributed by atoms with Crippen LogP contribution in [0.25, 0.3) is 10.1 Å². The number of carbonyl (C=O) groups excluding carboxylic acids is 1. The first-order valence-electron chi connectivity index (χ1n) is 7.07. The fourth-order valence-electron chi connectivity index (χ4n) is 2.77. The highest BCUT2D eigenvalue weighted by molar-refractivity contribution is 7.17. The second-order valence-corrected chi connectivity index (χ2v) is 6.66. The first kappa shape index (κ1) is 13.6. The molecular weight excluding hydrogens is 268 g/mol. The lowest BCUT2D eigenvalue weighted by molar-refractivity contribution is 0.0664. The Morgan fingerprint density at radius 3 is 2.70 bits per heavy atom. The van der Waals surface area contributed by atoms with Crippen molar-refractivity contribution in [2.45, 2.75) is 25.3 Å². The summed E-state index contributed by atoms with van der Waals surface area (Å²) in [5.41, 5.74) is 1.03. The van der Waals surface area contributed by atoms with Crippen LogP contribution < -0.4 is 5.32 Å². The molecule has 1 aromatic carbocycles. The fourth-order valence-corrected chi connectivity index (χ4v) is 3.70. The number of piperidine rings is 1. The van der Waals surface area contributed by atoms with Crippen molar-refractivity contribution in [2.24, 2.45) is 0 Å². The van der Waals surface area contributed by atoms with E-state index in [4.69, 9.17) is 0 Å². The van der Waals surface area contributed by atoms with Crippen LogP contribution in [0.5, 0.6) is 0 Å². The summed E-state index contributed by atoms with van der Waals surface area (Å²) in [7, 11) is 2.00. The maximum Gasteiger partial charge on any atom is 0.255 e. The molecule has 20 heavy (non-hydrogen) atoms. The average molecular weight is 288 g/mol. The second-order valence-electron chi connectivity index (χ2n) is 5.75. The summed E-state index contributed by atoms with van der Waals surface area (Å²) in [6.45, 7) is 3.90. The molecule has 3 nitrogen and oxygen atoms in total. The number of nitrogens with one attached hydrogen (secondary N) is 1. The third-order valence-corrected chi connectivity index (χ3v) is 5.43. The van der Waals surface area contributed by atoms with E-state index in [-0.39, 0.29) is 11.4 Å². The highest BCUT2D eigenvalue weighted by atomic mass is 32.1. The minimum Gasteiger partial charge on any atom is -0.338 e. The van der Waals surface area contributed by atoms with Gasteiger partial charge in [0.05, 0.1) is 5.56 Å². The predicted octanol–water partition coefficient (Wildman–Crippen LogP) is 3.12. The third kappa shape index (κ3) is 2.34. The monoisotopic (exact) mass is 288 g/mol. The molecule has 1 fully saturated rings. The molecular formula is C16H20N2OS. The average Bonchev–Trinajstić information content (AvgIpc) is 2.91. The number of benzene rings is 1. The lowest BCUT2D eigenvalue weighted by Crippen LogP contribution is -2.51. The Balaban J connectivity index is 1.80. The van der Waals surface area contributed by atoms with Gasteiger partial charge in [-0.3, -0.25) is 4.79 Å². The Hall–Kier alpha value is -1.39. The molecule has 1 amide bonds. The minimum atomic E-state index is 0.174. The number of hydrogen-bond donors (Lipinski definition) is 1. The molecule has 1 aliphatic rings. The number of hydrogen-bond acceptors (Lipinski definition) is 3. The molecule has 0 saturated carbocycles. The summed E-state index contributed by atoms with van der Waals surface area (Å²) >= 11 is 1.65. The van der Waals surface area contributed by atoms with Gasteiger partial charge in [-0.15, -0.1) is 11.3 Å². The Bertz CT molecular complexity index is 626. The lowest BCUT2D eigenvalue weighted by atomic mass is 9.89. The van der Waals surface area contributed by atoms with Crippen LogP contribution in [0.3, 0.4) is 0 Å². The molecule has 3 rings (SSSR count). The molecule has 1 aromatic heterocycles. The molecule has 1 saturated heterocycles. The first-order chi connectivity index (χ1) is 9.63. The van der Waals surface area contributed by atoms with E-state index in [1.54, 1.807) is 11.3 Å². The van der Waals surface area contributed by atoms with Crippen molar-refractivity contribution in [2.75, 3.05) is 20.1 Å². The summed E-state index contributed by atoms with van der Waals surface area (Å²) in [6, 6.07) is 8.14. The lowest BCUT2D eigenvalue weighted by Gasteiger charge is -2.39. The van der Waals surface area contributed by atoms with Crippen molar-refractivity contribution in [3.05, 3.63) is 35.2 Å². The number of likely N-dealkylation sites (tertiary alicyclic amines) is 1. The fraction of sp³-hybridized carbons (Fsp3) is 0.438. The van der Waals surface area contributed by atoms with Crippen molar-refractivity contribution >= 4 is 27.3 Å². The molecule has 2 heterocycles. The summed E-state index contributed by atoms with van der Waals surface area (Å²) < 4.78 is 1.19. The van der Waals surface area contributed by atoms with Crippen molar-refractivity contribution in [3.8, 4) is 0 Å². The zero-order chi connectivity index (χ0) is 14.2. The Morgan fingerprint density at radius 2 is 2.00 bits per heavy atom. The molecule has 1 N–H and O–H groups in total. The summed E-state index contributed by atoms with van der Waals surface area (Å²) in [5.74, 6) is 0.181.